The van der Waals surface area contributed by atoms with Gasteiger partial charge >= 0.3 is 0 Å². The van der Waals surface area contributed by atoms with Crippen molar-refractivity contribution in [1.82, 2.24) is 4.90 Å². The van der Waals surface area contributed by atoms with E-state index in [-0.39, 0.29) is 47.3 Å². The van der Waals surface area contributed by atoms with Crippen LogP contribution in [0.2, 0.25) is 0 Å². The Bertz CT molecular complexity index is 1060. The Kier molecular flexibility index (Phi) is 5.23. The normalized spacial score (nSPS) is 21.7. The van der Waals surface area contributed by atoms with Crippen LogP contribution in [-0.2, 0) is 20.9 Å². The van der Waals surface area contributed by atoms with Gasteiger partial charge in [-0.1, -0.05) is 57.5 Å². The number of aryl methyl sites for hydroxylation is 1. The third-order valence-corrected chi connectivity index (χ3v) is 7.61. The zero-order valence-electron chi connectivity index (χ0n) is 19.2. The Morgan fingerprint density at radius 1 is 1.00 bits per heavy atom. The molecule has 1 saturated heterocycles. The van der Waals surface area contributed by atoms with Crippen LogP contribution in [-0.4, -0.2) is 28.7 Å². The fraction of sp³-hybridized carbons (Fsp3) is 0.423. The summed E-state index contributed by atoms with van der Waals surface area (Å²) in [6.07, 6.45) is -0.0623. The van der Waals surface area contributed by atoms with E-state index in [4.69, 9.17) is 0 Å². The average Bonchev–Trinajstić information content (AvgIpc) is 2.96. The molecule has 1 atom stereocenters. The Morgan fingerprint density at radius 2 is 1.56 bits per heavy atom. The van der Waals surface area contributed by atoms with Gasteiger partial charge in [-0.3, -0.25) is 14.4 Å². The Balaban J connectivity index is 1.67. The van der Waals surface area contributed by atoms with E-state index in [1.807, 2.05) is 46.8 Å². The van der Waals surface area contributed by atoms with E-state index in [1.54, 1.807) is 24.3 Å². The fourth-order valence-corrected chi connectivity index (χ4v) is 4.93. The van der Waals surface area contributed by atoms with E-state index in [0.717, 1.165) is 5.56 Å². The van der Waals surface area contributed by atoms with Gasteiger partial charge in [0.1, 0.15) is 11.9 Å². The number of imide groups is 1. The first-order chi connectivity index (χ1) is 14.9. The van der Waals surface area contributed by atoms with Crippen LogP contribution in [0.25, 0.3) is 0 Å². The molecular formula is C26H29FN2O3. The van der Waals surface area contributed by atoms with Crippen molar-refractivity contribution in [2.45, 2.75) is 53.6 Å². The van der Waals surface area contributed by atoms with E-state index in [1.165, 1.54) is 21.9 Å². The molecule has 168 valence electrons. The summed E-state index contributed by atoms with van der Waals surface area (Å²) in [7, 11) is 0. The zero-order valence-corrected chi connectivity index (χ0v) is 19.2. The number of hydrogen-bond acceptors (Lipinski definition) is 3. The van der Waals surface area contributed by atoms with E-state index >= 15 is 0 Å². The average molecular weight is 437 g/mol. The lowest BCUT2D eigenvalue weighted by Gasteiger charge is -2.29. The van der Waals surface area contributed by atoms with Crippen LogP contribution in [0.3, 0.4) is 0 Å². The lowest BCUT2D eigenvalue weighted by molar-refractivity contribution is -0.141. The van der Waals surface area contributed by atoms with Crippen LogP contribution in [0.1, 0.15) is 45.2 Å². The predicted octanol–water partition coefficient (Wildman–Crippen LogP) is 4.48. The first-order valence-corrected chi connectivity index (χ1v) is 10.9. The number of nitrogens with zero attached hydrogens (tertiary/aromatic N) is 2. The van der Waals surface area contributed by atoms with Gasteiger partial charge < -0.3 is 4.90 Å². The van der Waals surface area contributed by atoms with Gasteiger partial charge in [-0.2, -0.15) is 0 Å². The SMILES string of the molecule is Cc1ccc(N2C(=O)CC(N(Cc3ccc(F)cc3)C(=O)C3C(C)(C)C3(C)C)C2=O)cc1. The monoisotopic (exact) mass is 436 g/mol. The number of carbonyl (C=O) groups is 3. The van der Waals surface area contributed by atoms with Gasteiger partial charge in [-0.15, -0.1) is 0 Å². The minimum Gasteiger partial charge on any atom is -0.325 e. The molecule has 1 aliphatic carbocycles. The van der Waals surface area contributed by atoms with Gasteiger partial charge in [0.2, 0.25) is 11.8 Å². The second-order valence-electron chi connectivity index (χ2n) is 10.1. The van der Waals surface area contributed by atoms with Crippen molar-refractivity contribution >= 4 is 23.4 Å². The first-order valence-electron chi connectivity index (χ1n) is 10.9. The van der Waals surface area contributed by atoms with Crippen molar-refractivity contribution in [2.24, 2.45) is 16.7 Å². The smallest absolute Gasteiger partial charge is 0.257 e. The minimum absolute atomic E-state index is 0.0623. The van der Waals surface area contributed by atoms with E-state index in [0.29, 0.717) is 11.3 Å². The molecule has 1 saturated carbocycles. The van der Waals surface area contributed by atoms with Crippen molar-refractivity contribution in [3.05, 3.63) is 65.5 Å². The molecule has 1 unspecified atom stereocenters. The standard InChI is InChI=1S/C26H29FN2O3/c1-16-6-12-19(13-7-16)29-21(30)14-20(23(29)31)28(15-17-8-10-18(27)11-9-17)24(32)22-25(2,3)26(22,4)5/h6-13,20,22H,14-15H2,1-5H3. The number of rotatable bonds is 5. The van der Waals surface area contributed by atoms with Crippen LogP contribution >= 0.6 is 0 Å². The number of carbonyl (C=O) groups excluding carboxylic acids is 3. The topological polar surface area (TPSA) is 57.7 Å². The van der Waals surface area contributed by atoms with Crippen LogP contribution in [0.5, 0.6) is 0 Å². The molecule has 0 bridgehead atoms. The van der Waals surface area contributed by atoms with Gasteiger partial charge in [-0.25, -0.2) is 9.29 Å². The minimum atomic E-state index is -0.881. The molecule has 2 aliphatic rings. The Morgan fingerprint density at radius 3 is 2.09 bits per heavy atom. The molecule has 2 aromatic rings. The Hall–Kier alpha value is -3.02. The maximum atomic E-state index is 13.7. The van der Waals surface area contributed by atoms with Crippen LogP contribution in [0.15, 0.2) is 48.5 Å². The third-order valence-electron chi connectivity index (χ3n) is 7.61. The van der Waals surface area contributed by atoms with Crippen LogP contribution in [0, 0.1) is 29.5 Å². The van der Waals surface area contributed by atoms with Crippen molar-refractivity contribution in [1.29, 1.82) is 0 Å². The summed E-state index contributed by atoms with van der Waals surface area (Å²) in [6.45, 7) is 10.3. The molecule has 0 radical (unpaired) electrons. The molecule has 2 aromatic carbocycles. The summed E-state index contributed by atoms with van der Waals surface area (Å²) in [5.74, 6) is -1.48. The summed E-state index contributed by atoms with van der Waals surface area (Å²) in [4.78, 5) is 42.7. The second kappa shape index (κ2) is 7.54. The number of hydrogen-bond donors (Lipinski definition) is 0. The van der Waals surface area contributed by atoms with Crippen molar-refractivity contribution in [3.63, 3.8) is 0 Å². The summed E-state index contributed by atoms with van der Waals surface area (Å²) in [6, 6.07) is 12.2. The number of benzene rings is 2. The molecule has 3 amide bonds. The second-order valence-corrected chi connectivity index (χ2v) is 10.1. The lowest BCUT2D eigenvalue weighted by atomic mass is 10.0. The highest BCUT2D eigenvalue weighted by atomic mass is 19.1. The lowest BCUT2D eigenvalue weighted by Crippen LogP contribution is -2.46. The highest BCUT2D eigenvalue weighted by molar-refractivity contribution is 6.23. The molecular weight excluding hydrogens is 407 g/mol. The summed E-state index contributed by atoms with van der Waals surface area (Å²) >= 11 is 0. The summed E-state index contributed by atoms with van der Waals surface area (Å²) in [5, 5.41) is 0. The highest BCUT2D eigenvalue weighted by Gasteiger charge is 2.69. The molecule has 0 spiro atoms. The molecule has 32 heavy (non-hydrogen) atoms. The summed E-state index contributed by atoms with van der Waals surface area (Å²) < 4.78 is 13.4. The maximum absolute atomic E-state index is 13.7. The first kappa shape index (κ1) is 22.2. The van der Waals surface area contributed by atoms with Gasteiger partial charge in [0.05, 0.1) is 12.1 Å². The van der Waals surface area contributed by atoms with Gasteiger partial charge in [0.25, 0.3) is 5.91 Å². The zero-order chi connectivity index (χ0) is 23.4. The fourth-order valence-electron chi connectivity index (χ4n) is 4.93. The maximum Gasteiger partial charge on any atom is 0.257 e. The Labute approximate surface area is 188 Å². The molecule has 1 aliphatic heterocycles. The largest absolute Gasteiger partial charge is 0.325 e. The quantitative estimate of drug-likeness (QED) is 0.650. The molecule has 1 heterocycles. The predicted molar refractivity (Wildman–Crippen MR) is 120 cm³/mol. The van der Waals surface area contributed by atoms with Crippen LogP contribution < -0.4 is 4.90 Å². The highest BCUT2D eigenvalue weighted by Crippen LogP contribution is 2.69. The molecule has 0 aromatic heterocycles. The van der Waals surface area contributed by atoms with E-state index < -0.39 is 11.9 Å². The molecule has 6 heteroatoms. The summed E-state index contributed by atoms with van der Waals surface area (Å²) in [5.41, 5.74) is 1.82. The van der Waals surface area contributed by atoms with E-state index in [2.05, 4.69) is 0 Å². The van der Waals surface area contributed by atoms with Gasteiger partial charge in [0, 0.05) is 12.5 Å². The molecule has 0 N–H and O–H groups in total. The number of anilines is 1. The van der Waals surface area contributed by atoms with Gasteiger partial charge in [-0.05, 0) is 47.6 Å². The number of amides is 3. The molecule has 2 fully saturated rings. The van der Waals surface area contributed by atoms with E-state index in [9.17, 15) is 18.8 Å². The van der Waals surface area contributed by atoms with Gasteiger partial charge in [0.15, 0.2) is 0 Å². The van der Waals surface area contributed by atoms with Crippen molar-refractivity contribution in [2.75, 3.05) is 4.90 Å². The molecule has 4 rings (SSSR count). The van der Waals surface area contributed by atoms with Crippen molar-refractivity contribution < 1.29 is 18.8 Å². The number of halogens is 1. The third kappa shape index (κ3) is 3.51. The van der Waals surface area contributed by atoms with Crippen molar-refractivity contribution in [3.8, 4) is 0 Å². The molecule has 5 nitrogen and oxygen atoms in total. The van der Waals surface area contributed by atoms with Crippen LogP contribution in [0.4, 0.5) is 10.1 Å².